The zero-order chi connectivity index (χ0) is 33.6. The van der Waals surface area contributed by atoms with Gasteiger partial charge in [-0.3, -0.25) is 14.2 Å². The Bertz CT molecular complexity index is 1740. The van der Waals surface area contributed by atoms with Crippen LogP contribution in [0.4, 0.5) is 0 Å². The predicted molar refractivity (Wildman–Crippen MR) is 180 cm³/mol. The van der Waals surface area contributed by atoms with Crippen LogP contribution in [0.15, 0.2) is 77.6 Å². The second kappa shape index (κ2) is 15.3. The van der Waals surface area contributed by atoms with Crippen molar-refractivity contribution in [2.24, 2.45) is 5.92 Å². The summed E-state index contributed by atoms with van der Waals surface area (Å²) in [6, 6.07) is 23.6. The van der Waals surface area contributed by atoms with Gasteiger partial charge in [0.2, 0.25) is 5.91 Å². The zero-order valence-corrected chi connectivity index (χ0v) is 27.2. The standard InChI is InChI=1S/C37H44N4O7/c1-24-32(22-40-19-17-29(18-20-40)41-31-6-3-2-5-30(31)39-37(41)46)47-36(48-35(24)27-13-11-26(23-42)12-14-27)28-15-9-25(10-16-28)21-38-33(43)7-4-8-34(44)45/h2-3,5-6,9-16,24,29,32,35-36,42H,4,7-8,17-23H2,1H3,(H,38,43)(H,39,46)(H,44,45). The van der Waals surface area contributed by atoms with Crippen molar-refractivity contribution in [2.75, 3.05) is 19.6 Å². The van der Waals surface area contributed by atoms with E-state index in [1.165, 1.54) is 0 Å². The molecule has 0 saturated carbocycles. The van der Waals surface area contributed by atoms with Gasteiger partial charge in [0.25, 0.3) is 0 Å². The number of nitrogens with zero attached hydrogens (tertiary/aromatic N) is 2. The van der Waals surface area contributed by atoms with E-state index in [4.69, 9.17) is 14.6 Å². The third-order valence-corrected chi connectivity index (χ3v) is 9.64. The number of carbonyl (C=O) groups is 2. The van der Waals surface area contributed by atoms with E-state index in [1.807, 2.05) is 77.4 Å². The molecule has 254 valence electrons. The molecule has 4 aromatic rings. The molecule has 48 heavy (non-hydrogen) atoms. The van der Waals surface area contributed by atoms with Gasteiger partial charge in [0.1, 0.15) is 0 Å². The Hall–Kier alpha value is -4.29. The SMILES string of the molecule is CC1C(CN2CCC(n3c(=O)[nH]c4ccccc43)CC2)OC(c2ccc(CNC(=O)CCCC(=O)O)cc2)OC1c1ccc(CO)cc1. The topological polar surface area (TPSA) is 146 Å². The van der Waals surface area contributed by atoms with Crippen LogP contribution in [-0.2, 0) is 32.2 Å². The van der Waals surface area contributed by atoms with Crippen LogP contribution in [0.5, 0.6) is 0 Å². The molecule has 2 fully saturated rings. The molecule has 3 aromatic carbocycles. The molecule has 6 rings (SSSR count). The predicted octanol–water partition coefficient (Wildman–Crippen LogP) is 4.82. The van der Waals surface area contributed by atoms with Gasteiger partial charge in [-0.15, -0.1) is 0 Å². The summed E-state index contributed by atoms with van der Waals surface area (Å²) in [6.07, 6.45) is 1.24. The summed E-state index contributed by atoms with van der Waals surface area (Å²) in [6.45, 7) is 4.91. The van der Waals surface area contributed by atoms with Crippen molar-refractivity contribution in [2.45, 2.75) is 76.7 Å². The minimum absolute atomic E-state index is 0.0223. The van der Waals surface area contributed by atoms with Gasteiger partial charge in [-0.05, 0) is 48.1 Å². The number of amides is 1. The Kier molecular flexibility index (Phi) is 10.7. The van der Waals surface area contributed by atoms with Crippen molar-refractivity contribution in [3.05, 3.63) is 106 Å². The lowest BCUT2D eigenvalue weighted by atomic mass is 9.89. The van der Waals surface area contributed by atoms with Crippen LogP contribution in [0.1, 0.15) is 79.7 Å². The van der Waals surface area contributed by atoms with Gasteiger partial charge in [-0.2, -0.15) is 0 Å². The number of imidazole rings is 1. The average Bonchev–Trinajstić information content (AvgIpc) is 3.44. The van der Waals surface area contributed by atoms with Crippen LogP contribution in [0.2, 0.25) is 0 Å². The quantitative estimate of drug-likeness (QED) is 0.170. The summed E-state index contributed by atoms with van der Waals surface area (Å²) in [5, 5.41) is 21.2. The number of likely N-dealkylation sites (tertiary alicyclic amines) is 1. The van der Waals surface area contributed by atoms with E-state index in [2.05, 4.69) is 22.1 Å². The molecule has 0 aliphatic carbocycles. The largest absolute Gasteiger partial charge is 0.481 e. The number of aromatic amines is 1. The number of aromatic nitrogens is 2. The first-order valence-corrected chi connectivity index (χ1v) is 16.8. The fraction of sp³-hybridized carbons (Fsp3) is 0.432. The van der Waals surface area contributed by atoms with E-state index >= 15 is 0 Å². The minimum atomic E-state index is -0.907. The van der Waals surface area contributed by atoms with Gasteiger partial charge >= 0.3 is 11.7 Å². The smallest absolute Gasteiger partial charge is 0.326 e. The monoisotopic (exact) mass is 656 g/mol. The number of rotatable bonds is 12. The number of piperidine rings is 1. The number of carboxylic acid groups (broad SMARTS) is 1. The molecule has 11 heteroatoms. The normalized spacial score (nSPS) is 22.1. The van der Waals surface area contributed by atoms with Crippen molar-refractivity contribution in [1.29, 1.82) is 0 Å². The van der Waals surface area contributed by atoms with Crippen molar-refractivity contribution in [1.82, 2.24) is 19.8 Å². The van der Waals surface area contributed by atoms with Gasteiger partial charge in [-0.25, -0.2) is 4.79 Å². The highest BCUT2D eigenvalue weighted by atomic mass is 16.7. The molecule has 0 spiro atoms. The highest BCUT2D eigenvalue weighted by Crippen LogP contribution is 2.42. The first-order valence-electron chi connectivity index (χ1n) is 16.8. The Morgan fingerprint density at radius 3 is 2.31 bits per heavy atom. The summed E-state index contributed by atoms with van der Waals surface area (Å²) in [5.41, 5.74) is 5.41. The Balaban J connectivity index is 1.13. The van der Waals surface area contributed by atoms with Gasteiger partial charge < -0.3 is 34.9 Å². The Labute approximate surface area is 279 Å². The van der Waals surface area contributed by atoms with Crippen LogP contribution >= 0.6 is 0 Å². The molecule has 2 aliphatic rings. The number of fused-ring (bicyclic) bond motifs is 1. The molecule has 4 N–H and O–H groups in total. The van der Waals surface area contributed by atoms with E-state index in [0.29, 0.717) is 13.0 Å². The Morgan fingerprint density at radius 2 is 1.60 bits per heavy atom. The molecule has 3 heterocycles. The number of hydrogen-bond donors (Lipinski definition) is 4. The number of hydrogen-bond acceptors (Lipinski definition) is 7. The first kappa shape index (κ1) is 33.6. The summed E-state index contributed by atoms with van der Waals surface area (Å²) in [4.78, 5) is 41.1. The highest BCUT2D eigenvalue weighted by Gasteiger charge is 2.39. The van der Waals surface area contributed by atoms with Gasteiger partial charge in [0.05, 0.1) is 29.8 Å². The van der Waals surface area contributed by atoms with E-state index in [0.717, 1.165) is 65.8 Å². The molecule has 0 bridgehead atoms. The number of aliphatic carboxylic acids is 1. The van der Waals surface area contributed by atoms with E-state index < -0.39 is 12.3 Å². The fourth-order valence-electron chi connectivity index (χ4n) is 6.86. The lowest BCUT2D eigenvalue weighted by molar-refractivity contribution is -0.276. The van der Waals surface area contributed by atoms with Crippen LogP contribution in [0.3, 0.4) is 0 Å². The summed E-state index contributed by atoms with van der Waals surface area (Å²) >= 11 is 0. The summed E-state index contributed by atoms with van der Waals surface area (Å²) in [5.74, 6) is -1.04. The summed E-state index contributed by atoms with van der Waals surface area (Å²) < 4.78 is 15.2. The molecule has 2 saturated heterocycles. The molecule has 4 atom stereocenters. The number of carbonyl (C=O) groups excluding carboxylic acids is 1. The fourth-order valence-corrected chi connectivity index (χ4v) is 6.86. The Morgan fingerprint density at radius 1 is 0.917 bits per heavy atom. The molecule has 4 unspecified atom stereocenters. The molecular formula is C37H44N4O7. The third-order valence-electron chi connectivity index (χ3n) is 9.64. The number of ether oxygens (including phenoxy) is 2. The van der Waals surface area contributed by atoms with Crippen molar-refractivity contribution in [3.63, 3.8) is 0 Å². The second-order valence-corrected chi connectivity index (χ2v) is 12.9. The number of aliphatic hydroxyl groups excluding tert-OH is 1. The maximum Gasteiger partial charge on any atom is 0.326 e. The van der Waals surface area contributed by atoms with Crippen molar-refractivity contribution >= 4 is 22.9 Å². The molecular weight excluding hydrogens is 612 g/mol. The van der Waals surface area contributed by atoms with Gasteiger partial charge in [0, 0.05) is 56.5 Å². The maximum absolute atomic E-state index is 12.8. The van der Waals surface area contributed by atoms with Crippen LogP contribution in [0, 0.1) is 5.92 Å². The van der Waals surface area contributed by atoms with Crippen LogP contribution in [-0.4, -0.2) is 62.3 Å². The van der Waals surface area contributed by atoms with E-state index in [-0.39, 0.29) is 55.2 Å². The van der Waals surface area contributed by atoms with E-state index in [1.54, 1.807) is 0 Å². The molecule has 1 amide bonds. The third kappa shape index (κ3) is 7.87. The average molecular weight is 657 g/mol. The molecule has 2 aliphatic heterocycles. The van der Waals surface area contributed by atoms with Crippen molar-refractivity contribution < 1.29 is 29.3 Å². The first-order chi connectivity index (χ1) is 23.3. The molecule has 0 radical (unpaired) electrons. The zero-order valence-electron chi connectivity index (χ0n) is 27.2. The second-order valence-electron chi connectivity index (χ2n) is 12.9. The van der Waals surface area contributed by atoms with Crippen LogP contribution in [0.25, 0.3) is 11.0 Å². The number of H-pyrrole nitrogens is 1. The number of nitrogens with one attached hydrogen (secondary N) is 2. The maximum atomic E-state index is 12.8. The number of para-hydroxylation sites is 2. The summed E-state index contributed by atoms with van der Waals surface area (Å²) in [7, 11) is 0. The number of benzene rings is 3. The number of carboxylic acids is 1. The molecule has 1 aromatic heterocycles. The van der Waals surface area contributed by atoms with Gasteiger partial charge in [0.15, 0.2) is 6.29 Å². The van der Waals surface area contributed by atoms with Gasteiger partial charge in [-0.1, -0.05) is 67.6 Å². The lowest BCUT2D eigenvalue weighted by Gasteiger charge is -2.44. The van der Waals surface area contributed by atoms with Crippen LogP contribution < -0.4 is 11.0 Å². The van der Waals surface area contributed by atoms with E-state index in [9.17, 15) is 19.5 Å². The molecule has 11 nitrogen and oxygen atoms in total. The van der Waals surface area contributed by atoms with Crippen molar-refractivity contribution in [3.8, 4) is 0 Å². The minimum Gasteiger partial charge on any atom is -0.481 e. The number of aliphatic hydroxyl groups is 1. The lowest BCUT2D eigenvalue weighted by Crippen LogP contribution is -2.47. The highest BCUT2D eigenvalue weighted by molar-refractivity contribution is 5.76.